The van der Waals surface area contributed by atoms with Gasteiger partial charge in [0.1, 0.15) is 17.6 Å². The van der Waals surface area contributed by atoms with Crippen molar-refractivity contribution in [3.8, 4) is 5.75 Å². The van der Waals surface area contributed by atoms with E-state index in [0.29, 0.717) is 24.6 Å². The van der Waals surface area contributed by atoms with Crippen molar-refractivity contribution in [1.29, 1.82) is 0 Å². The zero-order valence-corrected chi connectivity index (χ0v) is 13.3. The zero-order valence-electron chi connectivity index (χ0n) is 12.5. The molecule has 22 heavy (non-hydrogen) atoms. The topological polar surface area (TPSA) is 59.8 Å². The summed E-state index contributed by atoms with van der Waals surface area (Å²) in [5.74, 6) is 1.07. The summed E-state index contributed by atoms with van der Waals surface area (Å²) in [6.45, 7) is 4.90. The van der Waals surface area contributed by atoms with E-state index in [-0.39, 0.29) is 12.0 Å². The molecule has 0 spiro atoms. The summed E-state index contributed by atoms with van der Waals surface area (Å²) < 4.78 is 10.7. The molecule has 0 radical (unpaired) electrons. The van der Waals surface area contributed by atoms with Crippen LogP contribution in [-0.4, -0.2) is 30.0 Å². The van der Waals surface area contributed by atoms with Crippen molar-refractivity contribution in [2.45, 2.75) is 26.4 Å². The van der Waals surface area contributed by atoms with Crippen LogP contribution in [0.3, 0.4) is 0 Å². The highest BCUT2D eigenvalue weighted by atomic mass is 32.1. The van der Waals surface area contributed by atoms with Crippen molar-refractivity contribution in [3.05, 3.63) is 50.2 Å². The predicted octanol–water partition coefficient (Wildman–Crippen LogP) is 2.61. The van der Waals surface area contributed by atoms with Gasteiger partial charge in [0.15, 0.2) is 0 Å². The number of ether oxygens (including phenoxy) is 1. The molecule has 0 aromatic carbocycles. The molecule has 3 heterocycles. The molecule has 2 aromatic rings. The van der Waals surface area contributed by atoms with Crippen molar-refractivity contribution in [2.75, 3.05) is 13.1 Å². The fourth-order valence-electron chi connectivity index (χ4n) is 2.55. The molecule has 0 saturated carbocycles. The van der Waals surface area contributed by atoms with E-state index in [4.69, 9.17) is 9.15 Å². The number of amides is 1. The van der Waals surface area contributed by atoms with Gasteiger partial charge in [-0.05, 0) is 26.0 Å². The maximum absolute atomic E-state index is 12.4. The normalized spacial score (nSPS) is 17.7. The summed E-state index contributed by atoms with van der Waals surface area (Å²) in [5.41, 5.74) is -0.421. The number of aryl methyl sites for hydroxylation is 2. The minimum Gasteiger partial charge on any atom is -0.488 e. The Bertz CT molecular complexity index is 749. The molecule has 0 bridgehead atoms. The number of rotatable bonds is 3. The van der Waals surface area contributed by atoms with Crippen molar-refractivity contribution in [2.24, 2.45) is 0 Å². The Labute approximate surface area is 132 Å². The zero-order chi connectivity index (χ0) is 15.7. The van der Waals surface area contributed by atoms with Gasteiger partial charge >= 0.3 is 5.63 Å². The highest BCUT2D eigenvalue weighted by Gasteiger charge is 2.29. The van der Waals surface area contributed by atoms with Crippen LogP contribution in [0.1, 0.15) is 26.7 Å². The van der Waals surface area contributed by atoms with Gasteiger partial charge in [0.25, 0.3) is 5.91 Å². The molecule has 1 fully saturated rings. The maximum Gasteiger partial charge on any atom is 0.339 e. The minimum absolute atomic E-state index is 0.0490. The molecule has 2 aromatic heterocycles. The quantitative estimate of drug-likeness (QED) is 0.872. The molecule has 1 amide bonds. The standard InChI is InChI=1S/C16H17NO4S/c1-10-7-13(8-15(18)20-10)21-12-5-6-17(9-12)16(19)14-4-3-11(2)22-14/h3-4,7-8,12H,5-6,9H2,1-2H3/t12-/m0/s1. The molecule has 116 valence electrons. The SMILES string of the molecule is Cc1cc(O[C@H]2CCN(C(=O)c3ccc(C)s3)C2)cc(=O)o1. The lowest BCUT2D eigenvalue weighted by atomic mass is 10.3. The van der Waals surface area contributed by atoms with Gasteiger partial charge in [-0.1, -0.05) is 0 Å². The third-order valence-electron chi connectivity index (χ3n) is 3.55. The second-order valence-electron chi connectivity index (χ2n) is 5.41. The Hall–Kier alpha value is -2.08. The van der Waals surface area contributed by atoms with E-state index in [9.17, 15) is 9.59 Å². The highest BCUT2D eigenvalue weighted by Crippen LogP contribution is 2.22. The van der Waals surface area contributed by atoms with Crippen molar-refractivity contribution in [1.82, 2.24) is 4.90 Å². The van der Waals surface area contributed by atoms with Gasteiger partial charge in [-0.2, -0.15) is 0 Å². The summed E-state index contributed by atoms with van der Waals surface area (Å²) in [7, 11) is 0. The van der Waals surface area contributed by atoms with Gasteiger partial charge in [0.05, 0.1) is 17.5 Å². The predicted molar refractivity (Wildman–Crippen MR) is 83.7 cm³/mol. The summed E-state index contributed by atoms with van der Waals surface area (Å²) in [6.07, 6.45) is 0.668. The average Bonchev–Trinajstić information content (AvgIpc) is 3.06. The molecule has 1 aliphatic heterocycles. The Kier molecular flexibility index (Phi) is 4.02. The van der Waals surface area contributed by atoms with Crippen LogP contribution in [0, 0.1) is 13.8 Å². The Morgan fingerprint density at radius 2 is 2.18 bits per heavy atom. The van der Waals surface area contributed by atoms with Gasteiger partial charge in [0, 0.05) is 23.9 Å². The van der Waals surface area contributed by atoms with Crippen LogP contribution in [0.2, 0.25) is 0 Å². The number of thiophene rings is 1. The van der Waals surface area contributed by atoms with Crippen LogP contribution in [0.25, 0.3) is 0 Å². The highest BCUT2D eigenvalue weighted by molar-refractivity contribution is 7.13. The first kappa shape index (κ1) is 14.8. The van der Waals surface area contributed by atoms with Crippen molar-refractivity contribution < 1.29 is 13.9 Å². The molecule has 1 aliphatic rings. The molecule has 0 N–H and O–H groups in total. The van der Waals surface area contributed by atoms with Crippen LogP contribution in [-0.2, 0) is 0 Å². The summed E-state index contributed by atoms with van der Waals surface area (Å²) in [4.78, 5) is 27.4. The third kappa shape index (κ3) is 3.22. The molecular weight excluding hydrogens is 302 g/mol. The van der Waals surface area contributed by atoms with Gasteiger partial charge in [0.2, 0.25) is 0 Å². The first-order chi connectivity index (χ1) is 10.5. The van der Waals surface area contributed by atoms with Crippen molar-refractivity contribution in [3.63, 3.8) is 0 Å². The van der Waals surface area contributed by atoms with E-state index in [2.05, 4.69) is 0 Å². The molecule has 6 heteroatoms. The third-order valence-corrected chi connectivity index (χ3v) is 4.54. The van der Waals surface area contributed by atoms with Crippen LogP contribution in [0.4, 0.5) is 0 Å². The van der Waals surface area contributed by atoms with Gasteiger partial charge in [-0.25, -0.2) is 4.79 Å². The number of nitrogens with zero attached hydrogens (tertiary/aromatic N) is 1. The van der Waals surface area contributed by atoms with Gasteiger partial charge < -0.3 is 14.1 Å². The monoisotopic (exact) mass is 319 g/mol. The molecule has 3 rings (SSSR count). The molecular formula is C16H17NO4S. The van der Waals surface area contributed by atoms with E-state index in [1.165, 1.54) is 17.4 Å². The Morgan fingerprint density at radius 1 is 1.36 bits per heavy atom. The van der Waals surface area contributed by atoms with E-state index in [0.717, 1.165) is 16.2 Å². The first-order valence-corrected chi connectivity index (χ1v) is 7.97. The van der Waals surface area contributed by atoms with Crippen LogP contribution >= 0.6 is 11.3 Å². The summed E-state index contributed by atoms with van der Waals surface area (Å²) in [5, 5.41) is 0. The lowest BCUT2D eigenvalue weighted by Crippen LogP contribution is -2.30. The van der Waals surface area contributed by atoms with Crippen LogP contribution in [0.15, 0.2) is 33.5 Å². The van der Waals surface area contributed by atoms with E-state index < -0.39 is 5.63 Å². The number of likely N-dealkylation sites (tertiary alicyclic amines) is 1. The molecule has 1 saturated heterocycles. The smallest absolute Gasteiger partial charge is 0.339 e. The average molecular weight is 319 g/mol. The van der Waals surface area contributed by atoms with Crippen molar-refractivity contribution >= 4 is 17.2 Å². The minimum atomic E-state index is -0.421. The van der Waals surface area contributed by atoms with E-state index in [1.54, 1.807) is 17.9 Å². The number of hydrogen-bond acceptors (Lipinski definition) is 5. The Balaban J connectivity index is 1.65. The van der Waals surface area contributed by atoms with Gasteiger partial charge in [-0.15, -0.1) is 11.3 Å². The van der Waals surface area contributed by atoms with Crippen LogP contribution in [0.5, 0.6) is 5.75 Å². The second-order valence-corrected chi connectivity index (χ2v) is 6.70. The lowest BCUT2D eigenvalue weighted by Gasteiger charge is -2.16. The second kappa shape index (κ2) is 5.96. The molecule has 5 nitrogen and oxygen atoms in total. The largest absolute Gasteiger partial charge is 0.488 e. The summed E-state index contributed by atoms with van der Waals surface area (Å²) in [6, 6.07) is 6.84. The maximum atomic E-state index is 12.4. The fraction of sp³-hybridized carbons (Fsp3) is 0.375. The number of hydrogen-bond donors (Lipinski definition) is 0. The van der Waals surface area contributed by atoms with Gasteiger partial charge in [-0.3, -0.25) is 4.79 Å². The number of carbonyl (C=O) groups is 1. The summed E-state index contributed by atoms with van der Waals surface area (Å²) >= 11 is 1.51. The molecule has 1 atom stereocenters. The van der Waals surface area contributed by atoms with Crippen LogP contribution < -0.4 is 10.4 Å². The fourth-order valence-corrected chi connectivity index (χ4v) is 3.39. The Morgan fingerprint density at radius 3 is 2.86 bits per heavy atom. The molecule has 0 aliphatic carbocycles. The van der Waals surface area contributed by atoms with E-state index >= 15 is 0 Å². The number of carbonyl (C=O) groups excluding carboxylic acids is 1. The molecule has 0 unspecified atom stereocenters. The first-order valence-electron chi connectivity index (χ1n) is 7.15. The van der Waals surface area contributed by atoms with E-state index in [1.807, 2.05) is 19.1 Å². The lowest BCUT2D eigenvalue weighted by molar-refractivity contribution is 0.0777.